The van der Waals surface area contributed by atoms with E-state index >= 15 is 0 Å². The van der Waals surface area contributed by atoms with Crippen LogP contribution in [-0.2, 0) is 4.74 Å². The molecule has 6 nitrogen and oxygen atoms in total. The van der Waals surface area contributed by atoms with Crippen molar-refractivity contribution in [2.24, 2.45) is 0 Å². The van der Waals surface area contributed by atoms with Crippen molar-refractivity contribution in [2.75, 3.05) is 32.1 Å². The van der Waals surface area contributed by atoms with Gasteiger partial charge in [0.1, 0.15) is 5.75 Å². The summed E-state index contributed by atoms with van der Waals surface area (Å²) in [4.78, 5) is 14.4. The lowest BCUT2D eigenvalue weighted by Gasteiger charge is -2.38. The molecule has 0 unspecified atom stereocenters. The molecule has 2 N–H and O–H groups in total. The molecule has 128 valence electrons. The number of nitrogens with zero attached hydrogens (tertiary/aromatic N) is 1. The highest BCUT2D eigenvalue weighted by molar-refractivity contribution is 5.90. The Morgan fingerprint density at radius 2 is 2.00 bits per heavy atom. The number of amides is 2. The van der Waals surface area contributed by atoms with E-state index in [2.05, 4.69) is 36.3 Å². The minimum atomic E-state index is -0.226. The van der Waals surface area contributed by atoms with Gasteiger partial charge in [-0.05, 0) is 32.9 Å². The number of ether oxygens (including phenoxy) is 2. The fourth-order valence-corrected chi connectivity index (χ4v) is 2.86. The van der Waals surface area contributed by atoms with Crippen molar-refractivity contribution in [3.63, 3.8) is 0 Å². The van der Waals surface area contributed by atoms with E-state index < -0.39 is 0 Å². The topological polar surface area (TPSA) is 62.8 Å². The van der Waals surface area contributed by atoms with E-state index in [1.807, 2.05) is 24.3 Å². The smallest absolute Gasteiger partial charge is 0.319 e. The van der Waals surface area contributed by atoms with Crippen LogP contribution in [0.15, 0.2) is 24.3 Å². The number of carbonyl (C=O) groups is 1. The third-order valence-corrected chi connectivity index (χ3v) is 3.98. The van der Waals surface area contributed by atoms with Crippen LogP contribution in [0, 0.1) is 0 Å². The minimum Gasteiger partial charge on any atom is -0.495 e. The Kier molecular flexibility index (Phi) is 6.24. The zero-order chi connectivity index (χ0) is 16.8. The van der Waals surface area contributed by atoms with Crippen LogP contribution in [0.3, 0.4) is 0 Å². The van der Waals surface area contributed by atoms with Crippen molar-refractivity contribution in [3.05, 3.63) is 24.3 Å². The summed E-state index contributed by atoms with van der Waals surface area (Å²) in [6.45, 7) is 8.64. The number of anilines is 1. The van der Waals surface area contributed by atoms with Crippen molar-refractivity contribution in [2.45, 2.75) is 39.0 Å². The molecular formula is C17H27N3O3. The predicted molar refractivity (Wildman–Crippen MR) is 91.1 cm³/mol. The summed E-state index contributed by atoms with van der Waals surface area (Å²) in [6, 6.07) is 7.38. The summed E-state index contributed by atoms with van der Waals surface area (Å²) >= 11 is 0. The van der Waals surface area contributed by atoms with E-state index in [0.717, 1.165) is 13.1 Å². The monoisotopic (exact) mass is 321 g/mol. The molecule has 1 heterocycles. The molecule has 1 saturated heterocycles. The molecule has 0 aromatic heterocycles. The van der Waals surface area contributed by atoms with Gasteiger partial charge in [0.25, 0.3) is 0 Å². The van der Waals surface area contributed by atoms with Gasteiger partial charge >= 0.3 is 6.03 Å². The Morgan fingerprint density at radius 1 is 1.35 bits per heavy atom. The number of hydrogen-bond acceptors (Lipinski definition) is 4. The number of hydrogen-bond donors (Lipinski definition) is 2. The molecule has 0 saturated carbocycles. The average Bonchev–Trinajstić information content (AvgIpc) is 2.52. The highest BCUT2D eigenvalue weighted by Crippen LogP contribution is 2.22. The summed E-state index contributed by atoms with van der Waals surface area (Å²) in [6.07, 6.45) is 0.451. The molecule has 0 spiro atoms. The number of carbonyl (C=O) groups excluding carboxylic acids is 1. The van der Waals surface area contributed by atoms with Crippen molar-refractivity contribution in [3.8, 4) is 5.75 Å². The second kappa shape index (κ2) is 8.17. The number of methoxy groups -OCH3 is 1. The molecule has 1 aromatic carbocycles. The minimum absolute atomic E-state index is 0.226. The maximum Gasteiger partial charge on any atom is 0.319 e. The predicted octanol–water partition coefficient (Wildman–Crippen LogP) is 2.31. The SMILES string of the molecule is COc1ccccc1NC(=O)NC[C@H](C)N1C[C@@H](C)O[C@H](C)C1. The Morgan fingerprint density at radius 3 is 2.65 bits per heavy atom. The first-order valence-corrected chi connectivity index (χ1v) is 8.07. The van der Waals surface area contributed by atoms with Gasteiger partial charge in [0, 0.05) is 25.7 Å². The van der Waals surface area contributed by atoms with E-state index in [0.29, 0.717) is 18.0 Å². The van der Waals surface area contributed by atoms with Gasteiger partial charge in [0.15, 0.2) is 0 Å². The summed E-state index contributed by atoms with van der Waals surface area (Å²) < 4.78 is 11.0. The van der Waals surface area contributed by atoms with E-state index in [4.69, 9.17) is 9.47 Å². The zero-order valence-electron chi connectivity index (χ0n) is 14.3. The second-order valence-corrected chi connectivity index (χ2v) is 6.10. The highest BCUT2D eigenvalue weighted by atomic mass is 16.5. The summed E-state index contributed by atoms with van der Waals surface area (Å²) in [5, 5.41) is 5.74. The second-order valence-electron chi connectivity index (χ2n) is 6.10. The number of benzene rings is 1. The van der Waals surface area contributed by atoms with Crippen LogP contribution in [0.5, 0.6) is 5.75 Å². The fourth-order valence-electron chi connectivity index (χ4n) is 2.86. The summed E-state index contributed by atoms with van der Waals surface area (Å²) in [5.41, 5.74) is 0.661. The van der Waals surface area contributed by atoms with Gasteiger partial charge in [0.2, 0.25) is 0 Å². The van der Waals surface area contributed by atoms with Gasteiger partial charge in [-0.15, -0.1) is 0 Å². The van der Waals surface area contributed by atoms with Crippen molar-refractivity contribution in [1.29, 1.82) is 0 Å². The van der Waals surface area contributed by atoms with Crippen LogP contribution in [0.2, 0.25) is 0 Å². The first kappa shape index (κ1) is 17.6. The Bertz CT molecular complexity index is 514. The largest absolute Gasteiger partial charge is 0.495 e. The van der Waals surface area contributed by atoms with Gasteiger partial charge in [-0.2, -0.15) is 0 Å². The molecule has 23 heavy (non-hydrogen) atoms. The van der Waals surface area contributed by atoms with Crippen molar-refractivity contribution in [1.82, 2.24) is 10.2 Å². The van der Waals surface area contributed by atoms with Crippen LogP contribution in [0.1, 0.15) is 20.8 Å². The first-order chi connectivity index (χ1) is 11.0. The lowest BCUT2D eigenvalue weighted by atomic mass is 10.2. The number of urea groups is 1. The molecule has 0 aliphatic carbocycles. The third kappa shape index (κ3) is 5.11. The molecule has 0 radical (unpaired) electrons. The van der Waals surface area contributed by atoms with Crippen LogP contribution in [0.25, 0.3) is 0 Å². The molecule has 3 atom stereocenters. The van der Waals surface area contributed by atoms with Crippen molar-refractivity contribution >= 4 is 11.7 Å². The van der Waals surface area contributed by atoms with Crippen LogP contribution in [0.4, 0.5) is 10.5 Å². The quantitative estimate of drug-likeness (QED) is 0.873. The maximum atomic E-state index is 12.1. The van der Waals surface area contributed by atoms with Crippen LogP contribution >= 0.6 is 0 Å². The van der Waals surface area contributed by atoms with E-state index in [-0.39, 0.29) is 24.3 Å². The molecule has 1 aromatic rings. The Balaban J connectivity index is 1.82. The van der Waals surface area contributed by atoms with Crippen LogP contribution < -0.4 is 15.4 Å². The number of morpholine rings is 1. The van der Waals surface area contributed by atoms with Gasteiger partial charge < -0.3 is 20.1 Å². The van der Waals surface area contributed by atoms with Crippen molar-refractivity contribution < 1.29 is 14.3 Å². The molecule has 2 rings (SSSR count). The molecule has 1 aliphatic heterocycles. The Labute approximate surface area is 138 Å². The zero-order valence-corrected chi connectivity index (χ0v) is 14.3. The number of nitrogens with one attached hydrogen (secondary N) is 2. The van der Waals surface area contributed by atoms with E-state index in [9.17, 15) is 4.79 Å². The normalized spacial score (nSPS) is 23.1. The van der Waals surface area contributed by atoms with Gasteiger partial charge in [-0.3, -0.25) is 4.90 Å². The van der Waals surface area contributed by atoms with Gasteiger partial charge in [-0.25, -0.2) is 4.79 Å². The highest BCUT2D eigenvalue weighted by Gasteiger charge is 2.25. The molecule has 1 aliphatic rings. The fraction of sp³-hybridized carbons (Fsp3) is 0.588. The Hall–Kier alpha value is -1.79. The number of para-hydroxylation sites is 2. The lowest BCUT2D eigenvalue weighted by Crippen LogP contribution is -2.52. The lowest BCUT2D eigenvalue weighted by molar-refractivity contribution is -0.0777. The summed E-state index contributed by atoms with van der Waals surface area (Å²) in [5.74, 6) is 0.645. The van der Waals surface area contributed by atoms with E-state index in [1.165, 1.54) is 0 Å². The molecule has 6 heteroatoms. The summed E-state index contributed by atoms with van der Waals surface area (Å²) in [7, 11) is 1.58. The van der Waals surface area contributed by atoms with Gasteiger partial charge in [0.05, 0.1) is 25.0 Å². The molecule has 0 bridgehead atoms. The first-order valence-electron chi connectivity index (χ1n) is 8.07. The molecular weight excluding hydrogens is 294 g/mol. The van der Waals surface area contributed by atoms with E-state index in [1.54, 1.807) is 7.11 Å². The van der Waals surface area contributed by atoms with Crippen LogP contribution in [-0.4, -0.2) is 55.9 Å². The average molecular weight is 321 g/mol. The molecule has 2 amide bonds. The third-order valence-electron chi connectivity index (χ3n) is 3.98. The number of rotatable bonds is 5. The standard InChI is InChI=1S/C17H27N3O3/c1-12(20-10-13(2)23-14(3)11-20)9-18-17(21)19-15-7-5-6-8-16(15)22-4/h5-8,12-14H,9-11H2,1-4H3,(H2,18,19,21)/t12-,13+,14+/m0/s1. The maximum absolute atomic E-state index is 12.1. The molecule has 1 fully saturated rings. The van der Waals surface area contributed by atoms with Gasteiger partial charge in [-0.1, -0.05) is 12.1 Å².